The van der Waals surface area contributed by atoms with Crippen molar-refractivity contribution in [2.24, 2.45) is 0 Å². The van der Waals surface area contributed by atoms with Gasteiger partial charge >= 0.3 is 37.7 Å². The molecule has 0 radical (unpaired) electrons. The van der Waals surface area contributed by atoms with E-state index >= 15 is 0 Å². The molecular formula is C12H28CaO5. The molecule has 0 aromatic rings. The van der Waals surface area contributed by atoms with Crippen LogP contribution in [-0.2, 0) is 14.2 Å². The molecule has 0 saturated carbocycles. The van der Waals surface area contributed by atoms with Crippen molar-refractivity contribution in [1.29, 1.82) is 0 Å². The predicted octanol–water partition coefficient (Wildman–Crippen LogP) is 0.425. The first-order valence-corrected chi connectivity index (χ1v) is 6.36. The van der Waals surface area contributed by atoms with Crippen LogP contribution in [0.5, 0.6) is 0 Å². The molecule has 5 nitrogen and oxygen atoms in total. The van der Waals surface area contributed by atoms with Gasteiger partial charge in [0.25, 0.3) is 0 Å². The zero-order valence-electron chi connectivity index (χ0n) is 13.3. The Kier molecular flexibility index (Phi) is 24.2. The zero-order valence-corrected chi connectivity index (χ0v) is 13.5. The zero-order chi connectivity index (χ0) is 12.6. The molecule has 0 aromatic carbocycles. The predicted molar refractivity (Wildman–Crippen MR) is 73.1 cm³/mol. The first-order chi connectivity index (χ1) is 8.41. The van der Waals surface area contributed by atoms with Crippen molar-refractivity contribution in [1.82, 2.24) is 0 Å². The maximum atomic E-state index is 8.47. The van der Waals surface area contributed by atoms with Crippen LogP contribution in [0.3, 0.4) is 0 Å². The average molecular weight is 292 g/mol. The molecule has 0 unspecified atom stereocenters. The second-order valence-electron chi connectivity index (χ2n) is 3.70. The molecule has 0 aliphatic heterocycles. The molecule has 0 spiro atoms. The minimum absolute atomic E-state index is 0. The van der Waals surface area contributed by atoms with Crippen LogP contribution >= 0.6 is 0 Å². The van der Waals surface area contributed by atoms with E-state index in [4.69, 9.17) is 24.4 Å². The Balaban J connectivity index is -0.000000427. The largest absolute Gasteiger partial charge is 2.00 e. The van der Waals surface area contributed by atoms with Crippen LogP contribution in [0.4, 0.5) is 0 Å². The summed E-state index contributed by atoms with van der Waals surface area (Å²) in [5.41, 5.74) is 0. The van der Waals surface area contributed by atoms with Gasteiger partial charge in [0.15, 0.2) is 0 Å². The van der Waals surface area contributed by atoms with Gasteiger partial charge in [-0.1, -0.05) is 0 Å². The molecule has 0 aliphatic carbocycles. The van der Waals surface area contributed by atoms with Gasteiger partial charge in [0, 0.05) is 26.4 Å². The Bertz CT molecular complexity index is 133. The molecule has 0 saturated heterocycles. The number of unbranched alkanes of at least 4 members (excludes halogenated alkanes) is 2. The minimum atomic E-state index is 0. The normalized spacial score (nSPS) is 10.3. The third kappa shape index (κ3) is 19.4. The standard InChI is InChI=1S/C12H26O5.Ca.2H/c13-5-11-16-9-3-1-7-15-8-2-4-10-17-12-6-14;;;/h13-14H,1-12H2;;;/q;+2;2*-1. The van der Waals surface area contributed by atoms with Gasteiger partial charge in [0.2, 0.25) is 0 Å². The first-order valence-electron chi connectivity index (χ1n) is 6.36. The summed E-state index contributed by atoms with van der Waals surface area (Å²) in [6, 6.07) is 0. The van der Waals surface area contributed by atoms with Gasteiger partial charge in [-0.25, -0.2) is 0 Å². The van der Waals surface area contributed by atoms with Crippen molar-refractivity contribution in [3.8, 4) is 0 Å². The third-order valence-electron chi connectivity index (χ3n) is 2.13. The van der Waals surface area contributed by atoms with E-state index in [1.807, 2.05) is 0 Å². The molecule has 0 bridgehead atoms. The van der Waals surface area contributed by atoms with Gasteiger partial charge in [0.05, 0.1) is 26.4 Å². The summed E-state index contributed by atoms with van der Waals surface area (Å²) in [6.07, 6.45) is 3.93. The van der Waals surface area contributed by atoms with Gasteiger partial charge in [-0.15, -0.1) is 0 Å². The summed E-state index contributed by atoms with van der Waals surface area (Å²) in [7, 11) is 0. The first kappa shape index (κ1) is 21.4. The molecule has 2 N–H and O–H groups in total. The van der Waals surface area contributed by atoms with Crippen LogP contribution in [0, 0.1) is 0 Å². The Labute approximate surface area is 143 Å². The topological polar surface area (TPSA) is 68.2 Å². The van der Waals surface area contributed by atoms with Crippen LogP contribution in [0.15, 0.2) is 0 Å². The third-order valence-corrected chi connectivity index (χ3v) is 2.13. The fourth-order valence-electron chi connectivity index (χ4n) is 1.25. The SMILES string of the molecule is OCCOCCCCOCCCCOCCO.[Ca+2].[H-].[H-]. The second kappa shape index (κ2) is 20.4. The van der Waals surface area contributed by atoms with Gasteiger partial charge in [0.1, 0.15) is 0 Å². The fourth-order valence-corrected chi connectivity index (χ4v) is 1.25. The van der Waals surface area contributed by atoms with E-state index in [2.05, 4.69) is 0 Å². The van der Waals surface area contributed by atoms with Crippen molar-refractivity contribution >= 4 is 37.7 Å². The van der Waals surface area contributed by atoms with Crippen molar-refractivity contribution < 1.29 is 27.3 Å². The van der Waals surface area contributed by atoms with E-state index < -0.39 is 0 Å². The summed E-state index contributed by atoms with van der Waals surface area (Å²) < 4.78 is 15.7. The fraction of sp³-hybridized carbons (Fsp3) is 1.00. The summed E-state index contributed by atoms with van der Waals surface area (Å²) in [5.74, 6) is 0. The molecule has 0 amide bonds. The second-order valence-corrected chi connectivity index (χ2v) is 3.70. The number of aliphatic hydroxyl groups is 2. The summed E-state index contributed by atoms with van der Waals surface area (Å²) >= 11 is 0. The number of ether oxygens (including phenoxy) is 3. The van der Waals surface area contributed by atoms with Gasteiger partial charge in [-0.2, -0.15) is 0 Å². The number of aliphatic hydroxyl groups excluding tert-OH is 2. The van der Waals surface area contributed by atoms with E-state index in [1.165, 1.54) is 0 Å². The molecular weight excluding hydrogens is 264 g/mol. The Morgan fingerprint density at radius 2 is 0.833 bits per heavy atom. The van der Waals surface area contributed by atoms with Gasteiger partial charge in [-0.05, 0) is 25.7 Å². The van der Waals surface area contributed by atoms with Gasteiger partial charge < -0.3 is 27.3 Å². The molecule has 18 heavy (non-hydrogen) atoms. The summed E-state index contributed by atoms with van der Waals surface area (Å²) in [5, 5.41) is 16.9. The van der Waals surface area contributed by atoms with Crippen molar-refractivity contribution in [3.05, 3.63) is 0 Å². The van der Waals surface area contributed by atoms with E-state index in [-0.39, 0.29) is 53.8 Å². The molecule has 0 rings (SSSR count). The van der Waals surface area contributed by atoms with Crippen LogP contribution < -0.4 is 0 Å². The molecule has 0 atom stereocenters. The molecule has 108 valence electrons. The van der Waals surface area contributed by atoms with Crippen molar-refractivity contribution in [3.63, 3.8) is 0 Å². The van der Waals surface area contributed by atoms with Crippen molar-refractivity contribution in [2.45, 2.75) is 25.7 Å². The molecule has 0 heterocycles. The van der Waals surface area contributed by atoms with E-state index in [0.717, 1.165) is 38.9 Å². The molecule has 0 fully saturated rings. The molecule has 6 heteroatoms. The van der Waals surface area contributed by atoms with E-state index in [0.29, 0.717) is 26.4 Å². The summed E-state index contributed by atoms with van der Waals surface area (Å²) in [6.45, 7) is 3.95. The molecule has 0 aliphatic rings. The van der Waals surface area contributed by atoms with Crippen molar-refractivity contribution in [2.75, 3.05) is 52.9 Å². The van der Waals surface area contributed by atoms with Crippen LogP contribution in [0.2, 0.25) is 0 Å². The minimum Gasteiger partial charge on any atom is -1.00 e. The summed E-state index contributed by atoms with van der Waals surface area (Å²) in [4.78, 5) is 0. The monoisotopic (exact) mass is 292 g/mol. The average Bonchev–Trinajstić information content (AvgIpc) is 2.35. The van der Waals surface area contributed by atoms with E-state index in [9.17, 15) is 0 Å². The Hall–Kier alpha value is 1.06. The van der Waals surface area contributed by atoms with Crippen LogP contribution in [-0.4, -0.2) is 101 Å². The number of hydrogen-bond donors (Lipinski definition) is 2. The maximum absolute atomic E-state index is 8.47. The Morgan fingerprint density at radius 1 is 0.556 bits per heavy atom. The Morgan fingerprint density at radius 3 is 1.11 bits per heavy atom. The smallest absolute Gasteiger partial charge is 1.00 e. The molecule has 0 aromatic heterocycles. The van der Waals surface area contributed by atoms with Crippen LogP contribution in [0.1, 0.15) is 28.5 Å². The maximum Gasteiger partial charge on any atom is 2.00 e. The van der Waals surface area contributed by atoms with E-state index in [1.54, 1.807) is 0 Å². The number of hydrogen-bond acceptors (Lipinski definition) is 5. The van der Waals surface area contributed by atoms with Crippen LogP contribution in [0.25, 0.3) is 0 Å². The number of rotatable bonds is 14. The van der Waals surface area contributed by atoms with Gasteiger partial charge in [-0.3, -0.25) is 0 Å². The quantitative estimate of drug-likeness (QED) is 0.359.